The fourth-order valence-corrected chi connectivity index (χ4v) is 3.91. The van der Waals surface area contributed by atoms with Crippen molar-refractivity contribution in [3.63, 3.8) is 0 Å². The van der Waals surface area contributed by atoms with Gasteiger partial charge in [0.2, 0.25) is 0 Å². The second-order valence-electron chi connectivity index (χ2n) is 7.45. The van der Waals surface area contributed by atoms with Crippen molar-refractivity contribution < 1.29 is 28.2 Å². The summed E-state index contributed by atoms with van der Waals surface area (Å²) in [6, 6.07) is 10.8. The molecular formula is C23H24F2O4. The summed E-state index contributed by atoms with van der Waals surface area (Å²) in [5.41, 5.74) is 2.29. The number of para-hydroxylation sites is 1. The molecule has 0 aromatic heterocycles. The first-order valence-corrected chi connectivity index (χ1v) is 9.47. The van der Waals surface area contributed by atoms with E-state index in [1.165, 1.54) is 18.2 Å². The topological polar surface area (TPSA) is 55.8 Å². The Hall–Kier alpha value is -2.73. The van der Waals surface area contributed by atoms with Crippen molar-refractivity contribution in [2.45, 2.75) is 38.4 Å². The van der Waals surface area contributed by atoms with Crippen LogP contribution in [0.5, 0.6) is 5.75 Å². The quantitative estimate of drug-likeness (QED) is 0.670. The van der Waals surface area contributed by atoms with Crippen LogP contribution in [0, 0.1) is 17.6 Å². The number of carboxylic acids is 1. The number of carboxylic acid groups (broad SMARTS) is 1. The van der Waals surface area contributed by atoms with Crippen LogP contribution in [0.15, 0.2) is 54.6 Å². The lowest BCUT2D eigenvalue weighted by atomic mass is 9.76. The highest BCUT2D eigenvalue weighted by molar-refractivity contribution is 5.68. The van der Waals surface area contributed by atoms with E-state index in [9.17, 15) is 13.6 Å². The number of rotatable bonds is 6. The summed E-state index contributed by atoms with van der Waals surface area (Å²) < 4.78 is 39.3. The molecule has 0 saturated carbocycles. The van der Waals surface area contributed by atoms with Gasteiger partial charge in [0.15, 0.2) is 18.2 Å². The van der Waals surface area contributed by atoms with E-state index in [1.807, 2.05) is 13.8 Å². The normalized spacial score (nSPS) is 24.1. The van der Waals surface area contributed by atoms with E-state index >= 15 is 0 Å². The van der Waals surface area contributed by atoms with Gasteiger partial charge in [0.1, 0.15) is 5.82 Å². The van der Waals surface area contributed by atoms with E-state index in [0.29, 0.717) is 12.0 Å². The maximum Gasteiger partial charge on any atom is 0.341 e. The predicted molar refractivity (Wildman–Crippen MR) is 105 cm³/mol. The molecular weight excluding hydrogens is 378 g/mol. The standard InChI is InChI=1S/C23H24F2O4/c1-13(2)18-11-19(15-7-9-16(24)10-8-15)14(3)29-22(18)17-5-4-6-20(25)23(17)28-12-21(26)27/h4-10,14,18-19,22H,1,11-12H2,2-3H3,(H,26,27)/t14-,18+,19-,22+/m0/s1. The Labute approximate surface area is 168 Å². The van der Waals surface area contributed by atoms with Crippen LogP contribution < -0.4 is 4.74 Å². The van der Waals surface area contributed by atoms with E-state index in [4.69, 9.17) is 14.6 Å². The summed E-state index contributed by atoms with van der Waals surface area (Å²) >= 11 is 0. The molecule has 0 spiro atoms. The van der Waals surface area contributed by atoms with Crippen LogP contribution in [0.3, 0.4) is 0 Å². The van der Waals surface area contributed by atoms with Crippen molar-refractivity contribution in [3.05, 3.63) is 77.4 Å². The number of ether oxygens (including phenoxy) is 2. The number of carbonyl (C=O) groups is 1. The van der Waals surface area contributed by atoms with Crippen LogP contribution in [0.2, 0.25) is 0 Å². The first kappa shape index (κ1) is 21.0. The van der Waals surface area contributed by atoms with Crippen molar-refractivity contribution in [2.75, 3.05) is 6.61 Å². The molecule has 0 bridgehead atoms. The zero-order chi connectivity index (χ0) is 21.1. The minimum Gasteiger partial charge on any atom is -0.479 e. The molecule has 154 valence electrons. The molecule has 0 unspecified atom stereocenters. The molecule has 29 heavy (non-hydrogen) atoms. The van der Waals surface area contributed by atoms with Gasteiger partial charge < -0.3 is 14.6 Å². The Morgan fingerprint density at radius 3 is 2.55 bits per heavy atom. The summed E-state index contributed by atoms with van der Waals surface area (Å²) in [5.74, 6) is -2.36. The first-order chi connectivity index (χ1) is 13.8. The highest BCUT2D eigenvalue weighted by Gasteiger charge is 2.39. The molecule has 6 heteroatoms. The maximum absolute atomic E-state index is 14.4. The lowest BCUT2D eigenvalue weighted by Crippen LogP contribution is -2.34. The average Bonchev–Trinajstić information content (AvgIpc) is 2.67. The molecule has 1 N–H and O–H groups in total. The molecule has 4 atom stereocenters. The van der Waals surface area contributed by atoms with Crippen LogP contribution in [0.1, 0.15) is 43.4 Å². The Morgan fingerprint density at radius 1 is 1.24 bits per heavy atom. The van der Waals surface area contributed by atoms with Gasteiger partial charge >= 0.3 is 5.97 Å². The van der Waals surface area contributed by atoms with E-state index in [-0.39, 0.29) is 29.5 Å². The van der Waals surface area contributed by atoms with Gasteiger partial charge in [-0.25, -0.2) is 13.6 Å². The molecule has 1 fully saturated rings. The second kappa shape index (κ2) is 8.74. The van der Waals surface area contributed by atoms with Gasteiger partial charge in [0.05, 0.1) is 12.2 Å². The lowest BCUT2D eigenvalue weighted by Gasteiger charge is -2.41. The van der Waals surface area contributed by atoms with Gasteiger partial charge in [-0.15, -0.1) is 0 Å². The van der Waals surface area contributed by atoms with Gasteiger partial charge in [0, 0.05) is 17.4 Å². The number of aliphatic carboxylic acids is 1. The van der Waals surface area contributed by atoms with Gasteiger partial charge in [-0.05, 0) is 44.0 Å². The molecule has 2 aromatic rings. The summed E-state index contributed by atoms with van der Waals surface area (Å²) in [6.45, 7) is 7.24. The molecule has 1 aliphatic rings. The van der Waals surface area contributed by atoms with Crippen LogP contribution >= 0.6 is 0 Å². The lowest BCUT2D eigenvalue weighted by molar-refractivity contribution is -0.139. The van der Waals surface area contributed by atoms with Gasteiger partial charge in [-0.3, -0.25) is 0 Å². The molecule has 0 amide bonds. The van der Waals surface area contributed by atoms with Crippen LogP contribution in [-0.4, -0.2) is 23.8 Å². The Balaban J connectivity index is 1.94. The fourth-order valence-electron chi connectivity index (χ4n) is 3.91. The molecule has 0 radical (unpaired) electrons. The maximum atomic E-state index is 14.4. The van der Waals surface area contributed by atoms with E-state index < -0.39 is 24.5 Å². The Bertz CT molecular complexity index is 894. The molecule has 1 heterocycles. The predicted octanol–water partition coefficient (Wildman–Crippen LogP) is 5.25. The summed E-state index contributed by atoms with van der Waals surface area (Å²) in [5, 5.41) is 8.91. The zero-order valence-corrected chi connectivity index (χ0v) is 16.4. The van der Waals surface area contributed by atoms with Gasteiger partial charge in [-0.2, -0.15) is 0 Å². The highest BCUT2D eigenvalue weighted by atomic mass is 19.1. The average molecular weight is 402 g/mol. The summed E-state index contributed by atoms with van der Waals surface area (Å²) in [7, 11) is 0. The minimum absolute atomic E-state index is 0.0190. The molecule has 1 aliphatic heterocycles. The van der Waals surface area contributed by atoms with Crippen LogP contribution in [-0.2, 0) is 9.53 Å². The van der Waals surface area contributed by atoms with Crippen molar-refractivity contribution in [3.8, 4) is 5.75 Å². The van der Waals surface area contributed by atoms with Gasteiger partial charge in [-0.1, -0.05) is 36.4 Å². The number of halogens is 2. The molecule has 0 aliphatic carbocycles. The van der Waals surface area contributed by atoms with Crippen LogP contribution in [0.4, 0.5) is 8.78 Å². The summed E-state index contributed by atoms with van der Waals surface area (Å²) in [4.78, 5) is 10.9. The smallest absolute Gasteiger partial charge is 0.341 e. The number of hydrogen-bond donors (Lipinski definition) is 1. The van der Waals surface area contributed by atoms with Crippen molar-refractivity contribution in [2.24, 2.45) is 5.92 Å². The zero-order valence-electron chi connectivity index (χ0n) is 16.4. The minimum atomic E-state index is -1.19. The fraction of sp³-hybridized carbons (Fsp3) is 0.348. The van der Waals surface area contributed by atoms with Gasteiger partial charge in [0.25, 0.3) is 0 Å². The monoisotopic (exact) mass is 402 g/mol. The molecule has 3 rings (SSSR count). The van der Waals surface area contributed by atoms with E-state index in [0.717, 1.165) is 11.1 Å². The number of benzene rings is 2. The number of hydrogen-bond acceptors (Lipinski definition) is 3. The SMILES string of the molecule is C=C(C)[C@H]1C[C@H](c2ccc(F)cc2)[C@H](C)O[C@@H]1c1cccc(F)c1OCC(=O)O. The van der Waals surface area contributed by atoms with Crippen LogP contribution in [0.25, 0.3) is 0 Å². The summed E-state index contributed by atoms with van der Waals surface area (Å²) in [6.07, 6.45) is -0.0721. The largest absolute Gasteiger partial charge is 0.479 e. The third kappa shape index (κ3) is 4.65. The van der Waals surface area contributed by atoms with Crippen molar-refractivity contribution >= 4 is 5.97 Å². The van der Waals surface area contributed by atoms with Crippen molar-refractivity contribution in [1.82, 2.24) is 0 Å². The molecule has 1 saturated heterocycles. The van der Waals surface area contributed by atoms with Crippen molar-refractivity contribution in [1.29, 1.82) is 0 Å². The third-order valence-corrected chi connectivity index (χ3v) is 5.38. The second-order valence-corrected chi connectivity index (χ2v) is 7.45. The third-order valence-electron chi connectivity index (χ3n) is 5.38. The molecule has 2 aromatic carbocycles. The highest BCUT2D eigenvalue weighted by Crippen LogP contribution is 2.48. The molecule has 4 nitrogen and oxygen atoms in total. The Kier molecular flexibility index (Phi) is 6.33. The Morgan fingerprint density at radius 2 is 1.93 bits per heavy atom. The van der Waals surface area contributed by atoms with E-state index in [2.05, 4.69) is 6.58 Å². The first-order valence-electron chi connectivity index (χ1n) is 9.47. The van der Waals surface area contributed by atoms with E-state index in [1.54, 1.807) is 24.3 Å².